The summed E-state index contributed by atoms with van der Waals surface area (Å²) in [6.07, 6.45) is 0.680. The lowest BCUT2D eigenvalue weighted by Crippen LogP contribution is -2.34. The van der Waals surface area contributed by atoms with Crippen LogP contribution in [0.2, 0.25) is 10.0 Å². The van der Waals surface area contributed by atoms with Gasteiger partial charge in [0.15, 0.2) is 0 Å². The molecule has 0 fully saturated rings. The van der Waals surface area contributed by atoms with E-state index >= 15 is 0 Å². The average Bonchev–Trinajstić information content (AvgIpc) is 2.51. The molecule has 0 atom stereocenters. The zero-order valence-corrected chi connectivity index (χ0v) is 14.5. The van der Waals surface area contributed by atoms with Crippen LogP contribution in [-0.2, 0) is 17.8 Å². The molecule has 0 heterocycles. The lowest BCUT2D eigenvalue weighted by atomic mass is 10.1. The standard InChI is InChI=1S/C18H20Cl2N2O/c1-13-4-2-3-5-15(13)11-21-12-18(23)22-9-8-14-6-7-16(19)10-17(14)20/h2-7,10,21H,8-9,11-12H2,1H3,(H,22,23). The summed E-state index contributed by atoms with van der Waals surface area (Å²) in [4.78, 5) is 11.8. The number of halogens is 2. The Morgan fingerprint density at radius 3 is 2.61 bits per heavy atom. The Hall–Kier alpha value is -1.55. The van der Waals surface area contributed by atoms with Gasteiger partial charge >= 0.3 is 0 Å². The summed E-state index contributed by atoms with van der Waals surface area (Å²) in [5.74, 6) is -0.0244. The molecule has 0 aromatic heterocycles. The summed E-state index contributed by atoms with van der Waals surface area (Å²) >= 11 is 12.0. The summed E-state index contributed by atoms with van der Waals surface area (Å²) in [5.41, 5.74) is 3.40. The maximum Gasteiger partial charge on any atom is 0.233 e. The Labute approximate surface area is 147 Å². The molecule has 0 unspecified atom stereocenters. The molecule has 0 aliphatic rings. The van der Waals surface area contributed by atoms with E-state index in [1.807, 2.05) is 18.2 Å². The van der Waals surface area contributed by atoms with Crippen LogP contribution in [0.3, 0.4) is 0 Å². The van der Waals surface area contributed by atoms with Crippen molar-refractivity contribution in [3.05, 3.63) is 69.2 Å². The first-order valence-electron chi connectivity index (χ1n) is 7.52. The highest BCUT2D eigenvalue weighted by Gasteiger charge is 2.04. The minimum atomic E-state index is -0.0244. The molecule has 2 aromatic rings. The van der Waals surface area contributed by atoms with Crippen LogP contribution in [0.5, 0.6) is 0 Å². The fraction of sp³-hybridized carbons (Fsp3) is 0.278. The van der Waals surface area contributed by atoms with Crippen molar-refractivity contribution in [3.8, 4) is 0 Å². The maximum absolute atomic E-state index is 11.8. The molecule has 2 aromatic carbocycles. The van der Waals surface area contributed by atoms with Crippen LogP contribution < -0.4 is 10.6 Å². The first-order valence-corrected chi connectivity index (χ1v) is 8.27. The molecular formula is C18H20Cl2N2O. The Morgan fingerprint density at radius 1 is 1.09 bits per heavy atom. The van der Waals surface area contributed by atoms with Crippen molar-refractivity contribution in [3.63, 3.8) is 0 Å². The van der Waals surface area contributed by atoms with Gasteiger partial charge in [-0.05, 0) is 42.2 Å². The van der Waals surface area contributed by atoms with Gasteiger partial charge in [-0.1, -0.05) is 53.5 Å². The third kappa shape index (κ3) is 5.87. The van der Waals surface area contributed by atoms with Gasteiger partial charge in [-0.2, -0.15) is 0 Å². The van der Waals surface area contributed by atoms with Crippen molar-refractivity contribution in [1.82, 2.24) is 10.6 Å². The van der Waals surface area contributed by atoms with Crippen LogP contribution >= 0.6 is 23.2 Å². The number of carbonyl (C=O) groups excluding carboxylic acids is 1. The molecule has 0 saturated heterocycles. The maximum atomic E-state index is 11.8. The lowest BCUT2D eigenvalue weighted by molar-refractivity contribution is -0.120. The summed E-state index contributed by atoms with van der Waals surface area (Å²) in [6.45, 7) is 3.59. The van der Waals surface area contributed by atoms with Gasteiger partial charge in [0.25, 0.3) is 0 Å². The van der Waals surface area contributed by atoms with Crippen molar-refractivity contribution >= 4 is 29.1 Å². The van der Waals surface area contributed by atoms with E-state index in [9.17, 15) is 4.79 Å². The summed E-state index contributed by atoms with van der Waals surface area (Å²) in [6, 6.07) is 13.5. The van der Waals surface area contributed by atoms with E-state index in [1.54, 1.807) is 12.1 Å². The number of amides is 1. The minimum Gasteiger partial charge on any atom is -0.355 e. The summed E-state index contributed by atoms with van der Waals surface area (Å²) in [7, 11) is 0. The molecular weight excluding hydrogens is 331 g/mol. The Kier molecular flexibility index (Phi) is 6.90. The molecule has 0 radical (unpaired) electrons. The van der Waals surface area contributed by atoms with E-state index in [1.165, 1.54) is 11.1 Å². The number of hydrogen-bond acceptors (Lipinski definition) is 2. The van der Waals surface area contributed by atoms with Crippen molar-refractivity contribution in [2.45, 2.75) is 19.9 Å². The Morgan fingerprint density at radius 2 is 1.87 bits per heavy atom. The highest BCUT2D eigenvalue weighted by Crippen LogP contribution is 2.20. The Balaban J connectivity index is 1.68. The predicted molar refractivity (Wildman–Crippen MR) is 96.1 cm³/mol. The molecule has 0 aliphatic heterocycles. The van der Waals surface area contributed by atoms with Gasteiger partial charge in [0.2, 0.25) is 5.91 Å². The third-order valence-corrected chi connectivity index (χ3v) is 4.18. The number of aryl methyl sites for hydroxylation is 1. The minimum absolute atomic E-state index is 0.0244. The van der Waals surface area contributed by atoms with Crippen LogP contribution in [0.4, 0.5) is 0 Å². The van der Waals surface area contributed by atoms with Gasteiger partial charge in [-0.25, -0.2) is 0 Å². The van der Waals surface area contributed by atoms with Crippen molar-refractivity contribution < 1.29 is 4.79 Å². The summed E-state index contributed by atoms with van der Waals surface area (Å²) in [5, 5.41) is 7.28. The smallest absolute Gasteiger partial charge is 0.233 e. The van der Waals surface area contributed by atoms with Gasteiger partial charge in [-0.15, -0.1) is 0 Å². The second kappa shape index (κ2) is 8.92. The molecule has 2 rings (SSSR count). The molecule has 0 spiro atoms. The lowest BCUT2D eigenvalue weighted by Gasteiger charge is -2.09. The fourth-order valence-corrected chi connectivity index (χ4v) is 2.75. The van der Waals surface area contributed by atoms with Crippen molar-refractivity contribution in [1.29, 1.82) is 0 Å². The number of rotatable bonds is 7. The van der Waals surface area contributed by atoms with E-state index in [-0.39, 0.29) is 5.91 Å². The molecule has 0 saturated carbocycles. The molecule has 122 valence electrons. The van der Waals surface area contributed by atoms with Gasteiger partial charge in [0.1, 0.15) is 0 Å². The first kappa shape index (κ1) is 17.8. The van der Waals surface area contributed by atoms with E-state index in [4.69, 9.17) is 23.2 Å². The zero-order chi connectivity index (χ0) is 16.7. The average molecular weight is 351 g/mol. The first-order chi connectivity index (χ1) is 11.1. The monoisotopic (exact) mass is 350 g/mol. The Bertz CT molecular complexity index is 674. The van der Waals surface area contributed by atoms with E-state index in [0.717, 1.165) is 5.56 Å². The fourth-order valence-electron chi connectivity index (χ4n) is 2.24. The predicted octanol–water partition coefficient (Wildman–Crippen LogP) is 3.75. The van der Waals surface area contributed by atoms with E-state index in [0.29, 0.717) is 36.1 Å². The molecule has 0 bridgehead atoms. The molecule has 0 aliphatic carbocycles. The quantitative estimate of drug-likeness (QED) is 0.798. The van der Waals surface area contributed by atoms with Crippen LogP contribution in [-0.4, -0.2) is 19.0 Å². The van der Waals surface area contributed by atoms with Gasteiger partial charge in [-0.3, -0.25) is 4.79 Å². The molecule has 3 nitrogen and oxygen atoms in total. The second-order valence-electron chi connectivity index (χ2n) is 5.37. The molecule has 2 N–H and O–H groups in total. The van der Waals surface area contributed by atoms with Crippen molar-refractivity contribution in [2.75, 3.05) is 13.1 Å². The van der Waals surface area contributed by atoms with Crippen LogP contribution in [0.1, 0.15) is 16.7 Å². The molecule has 23 heavy (non-hydrogen) atoms. The highest BCUT2D eigenvalue weighted by atomic mass is 35.5. The molecule has 5 heteroatoms. The highest BCUT2D eigenvalue weighted by molar-refractivity contribution is 6.35. The normalized spacial score (nSPS) is 10.6. The number of hydrogen-bond donors (Lipinski definition) is 2. The van der Waals surface area contributed by atoms with Crippen molar-refractivity contribution in [2.24, 2.45) is 0 Å². The van der Waals surface area contributed by atoms with Gasteiger partial charge < -0.3 is 10.6 Å². The molecule has 1 amide bonds. The zero-order valence-electron chi connectivity index (χ0n) is 13.0. The van der Waals surface area contributed by atoms with Crippen LogP contribution in [0.25, 0.3) is 0 Å². The largest absolute Gasteiger partial charge is 0.355 e. The van der Waals surface area contributed by atoms with Crippen LogP contribution in [0.15, 0.2) is 42.5 Å². The topological polar surface area (TPSA) is 41.1 Å². The SMILES string of the molecule is Cc1ccccc1CNCC(=O)NCCc1ccc(Cl)cc1Cl. The van der Waals surface area contributed by atoms with Gasteiger partial charge in [0.05, 0.1) is 6.54 Å². The second-order valence-corrected chi connectivity index (χ2v) is 6.21. The number of carbonyl (C=O) groups is 1. The van der Waals surface area contributed by atoms with Crippen LogP contribution in [0, 0.1) is 6.92 Å². The third-order valence-electron chi connectivity index (χ3n) is 3.59. The van der Waals surface area contributed by atoms with Gasteiger partial charge in [0, 0.05) is 23.1 Å². The van der Waals surface area contributed by atoms with E-state index < -0.39 is 0 Å². The number of benzene rings is 2. The van der Waals surface area contributed by atoms with E-state index in [2.05, 4.69) is 29.7 Å². The summed E-state index contributed by atoms with van der Waals surface area (Å²) < 4.78 is 0. The number of nitrogens with one attached hydrogen (secondary N) is 2.